The Morgan fingerprint density at radius 3 is 2.84 bits per heavy atom. The van der Waals surface area contributed by atoms with Crippen LogP contribution in [0.25, 0.3) is 10.4 Å². The summed E-state index contributed by atoms with van der Waals surface area (Å²) in [6.45, 7) is 3.67. The van der Waals surface area contributed by atoms with Crippen LogP contribution >= 0.6 is 11.3 Å². The Morgan fingerprint density at radius 1 is 1.52 bits per heavy atom. The molecule has 2 aromatic heterocycles. The quantitative estimate of drug-likeness (QED) is 0.622. The van der Waals surface area contributed by atoms with Crippen molar-refractivity contribution in [2.24, 2.45) is 13.0 Å². The van der Waals surface area contributed by atoms with Crippen molar-refractivity contribution in [1.82, 2.24) is 9.47 Å². The van der Waals surface area contributed by atoms with Gasteiger partial charge in [0.1, 0.15) is 11.4 Å². The molecule has 7 nitrogen and oxygen atoms in total. The fourth-order valence-electron chi connectivity index (χ4n) is 4.17. The number of carboxylic acid groups (broad SMARTS) is 1. The molecular weight excluding hydrogens is 342 g/mol. The molecule has 2 N–H and O–H groups in total. The van der Waals surface area contributed by atoms with Crippen molar-refractivity contribution in [2.45, 2.75) is 38.8 Å². The molecule has 0 bridgehead atoms. The average Bonchev–Trinajstić information content (AvgIpc) is 3.15. The minimum atomic E-state index is -1.10. The molecule has 1 fully saturated rings. The van der Waals surface area contributed by atoms with Crippen LogP contribution in [0.3, 0.4) is 0 Å². The first kappa shape index (κ1) is 16.3. The van der Waals surface area contributed by atoms with Gasteiger partial charge in [-0.15, -0.1) is 0 Å². The van der Waals surface area contributed by atoms with Crippen LogP contribution in [0.1, 0.15) is 31.7 Å². The first-order valence-corrected chi connectivity index (χ1v) is 9.19. The largest absolute Gasteiger partial charge is 0.477 e. The standard InChI is InChI=1S/C17H19N3O4S/c1-4-10-16-19(7-18(10)3)12(6-25-16)9-5-11-13(8(2)21)15(22)20(11)14(9)17(23)24/h6-8,11,13,21H,4-5H2,1-3H3/p+1/t8-,11-,13-/m1/s1. The predicted octanol–water partition coefficient (Wildman–Crippen LogP) is 0.795. The number of aliphatic carboxylic acids is 1. The van der Waals surface area contributed by atoms with Gasteiger partial charge in [0, 0.05) is 23.8 Å². The molecule has 0 radical (unpaired) electrons. The Kier molecular flexibility index (Phi) is 3.52. The van der Waals surface area contributed by atoms with Crippen LogP contribution in [0, 0.1) is 5.92 Å². The zero-order valence-electron chi connectivity index (χ0n) is 14.3. The molecule has 0 saturated carbocycles. The summed E-state index contributed by atoms with van der Waals surface area (Å²) in [5.74, 6) is -1.92. The van der Waals surface area contributed by atoms with Crippen molar-refractivity contribution >= 4 is 33.6 Å². The number of aryl methyl sites for hydroxylation is 2. The molecule has 4 rings (SSSR count). The van der Waals surface area contributed by atoms with Crippen LogP contribution in [0.2, 0.25) is 0 Å². The van der Waals surface area contributed by atoms with Crippen LogP contribution in [-0.4, -0.2) is 43.7 Å². The summed E-state index contributed by atoms with van der Waals surface area (Å²) in [6.07, 6.45) is 2.52. The number of carbonyl (C=O) groups excluding carboxylic acids is 1. The number of rotatable bonds is 4. The number of nitrogens with zero attached hydrogens (tertiary/aromatic N) is 3. The van der Waals surface area contributed by atoms with E-state index in [0.29, 0.717) is 12.0 Å². The lowest BCUT2D eigenvalue weighted by Gasteiger charge is -2.44. The summed E-state index contributed by atoms with van der Waals surface area (Å²) in [5, 5.41) is 21.5. The Hall–Kier alpha value is -2.19. The topological polar surface area (TPSA) is 86.9 Å². The predicted molar refractivity (Wildman–Crippen MR) is 90.8 cm³/mol. The molecule has 8 heteroatoms. The molecular formula is C17H20N3O4S+. The van der Waals surface area contributed by atoms with E-state index in [1.54, 1.807) is 18.3 Å². The van der Waals surface area contributed by atoms with Gasteiger partial charge in [-0.3, -0.25) is 4.79 Å². The van der Waals surface area contributed by atoms with E-state index in [4.69, 9.17) is 0 Å². The molecule has 0 aliphatic carbocycles. The third kappa shape index (κ3) is 2.04. The first-order valence-electron chi connectivity index (χ1n) is 8.31. The third-order valence-electron chi connectivity index (χ3n) is 5.30. The van der Waals surface area contributed by atoms with E-state index < -0.39 is 18.0 Å². The van der Waals surface area contributed by atoms with Crippen LogP contribution < -0.4 is 4.40 Å². The van der Waals surface area contributed by atoms with Crippen LogP contribution in [0.15, 0.2) is 17.4 Å². The monoisotopic (exact) mass is 362 g/mol. The van der Waals surface area contributed by atoms with Gasteiger partial charge >= 0.3 is 5.97 Å². The van der Waals surface area contributed by atoms with Crippen molar-refractivity contribution in [3.05, 3.63) is 28.8 Å². The van der Waals surface area contributed by atoms with Crippen LogP contribution in [-0.2, 0) is 23.1 Å². The molecule has 2 aliphatic heterocycles. The molecule has 3 atom stereocenters. The fraction of sp³-hybridized carbons (Fsp3) is 0.471. The van der Waals surface area contributed by atoms with E-state index in [1.165, 1.54) is 10.6 Å². The number of aliphatic hydroxyl groups excluding tert-OH is 1. The Balaban J connectivity index is 1.85. The van der Waals surface area contributed by atoms with Gasteiger partial charge < -0.3 is 15.1 Å². The number of thiazole rings is 1. The molecule has 0 unspecified atom stereocenters. The minimum absolute atomic E-state index is 0.0565. The number of imidazole rings is 1. The molecule has 0 aromatic carbocycles. The number of aliphatic hydroxyl groups is 1. The van der Waals surface area contributed by atoms with Crippen molar-refractivity contribution in [2.75, 3.05) is 0 Å². The molecule has 2 aliphatic rings. The zero-order valence-corrected chi connectivity index (χ0v) is 15.1. The second-order valence-corrected chi connectivity index (χ2v) is 7.56. The molecule has 4 heterocycles. The zero-order chi connectivity index (χ0) is 18.0. The molecule has 2 aromatic rings. The number of hydrogen-bond donors (Lipinski definition) is 2. The normalized spacial score (nSPS) is 24.0. The molecule has 1 amide bonds. The highest BCUT2D eigenvalue weighted by atomic mass is 32.1. The number of fused-ring (bicyclic) bond motifs is 2. The van der Waals surface area contributed by atoms with Crippen LogP contribution in [0.5, 0.6) is 0 Å². The summed E-state index contributed by atoms with van der Waals surface area (Å²) < 4.78 is 4.06. The van der Waals surface area contributed by atoms with Gasteiger partial charge in [-0.1, -0.05) is 18.3 Å². The Morgan fingerprint density at radius 2 is 2.24 bits per heavy atom. The molecule has 25 heavy (non-hydrogen) atoms. The van der Waals surface area contributed by atoms with Gasteiger partial charge in [-0.25, -0.2) is 9.36 Å². The summed E-state index contributed by atoms with van der Waals surface area (Å²) in [7, 11) is 1.98. The number of amides is 1. The lowest BCUT2D eigenvalue weighted by atomic mass is 9.83. The van der Waals surface area contributed by atoms with E-state index >= 15 is 0 Å². The van der Waals surface area contributed by atoms with E-state index in [1.807, 2.05) is 27.7 Å². The Labute approximate surface area is 148 Å². The maximum absolute atomic E-state index is 12.3. The van der Waals surface area contributed by atoms with Gasteiger partial charge in [0.25, 0.3) is 0 Å². The number of aromatic nitrogens is 2. The number of β-lactam (4-membered cyclic amide) rings is 1. The summed E-state index contributed by atoms with van der Waals surface area (Å²) in [5.41, 5.74) is 2.73. The van der Waals surface area contributed by atoms with Gasteiger partial charge in [0.05, 0.1) is 25.1 Å². The van der Waals surface area contributed by atoms with Gasteiger partial charge in [-0.05, 0) is 6.92 Å². The fourth-order valence-corrected chi connectivity index (χ4v) is 5.33. The molecule has 0 spiro atoms. The molecule has 1 saturated heterocycles. The SMILES string of the molecule is CCc1c2scc(C3=C(C(=O)O)N4C(=O)[C@H]([C@@H](C)O)[C@H]4C3)[n+]2cn1C. The lowest BCUT2D eigenvalue weighted by Crippen LogP contribution is -2.61. The number of carboxylic acids is 1. The van der Waals surface area contributed by atoms with Crippen molar-refractivity contribution in [1.29, 1.82) is 0 Å². The van der Waals surface area contributed by atoms with Crippen LogP contribution in [0.4, 0.5) is 0 Å². The highest BCUT2D eigenvalue weighted by Gasteiger charge is 2.57. The average molecular weight is 362 g/mol. The van der Waals surface area contributed by atoms with E-state index in [2.05, 4.69) is 6.92 Å². The summed E-state index contributed by atoms with van der Waals surface area (Å²) in [4.78, 5) is 26.6. The maximum atomic E-state index is 12.3. The first-order chi connectivity index (χ1) is 11.9. The van der Waals surface area contributed by atoms with E-state index in [9.17, 15) is 19.8 Å². The summed E-state index contributed by atoms with van der Waals surface area (Å²) in [6, 6.07) is -0.265. The highest BCUT2D eigenvalue weighted by molar-refractivity contribution is 7.15. The van der Waals surface area contributed by atoms with Gasteiger partial charge in [0.2, 0.25) is 17.1 Å². The van der Waals surface area contributed by atoms with E-state index in [0.717, 1.165) is 16.9 Å². The second kappa shape index (κ2) is 5.40. The Bertz CT molecular complexity index is 939. The van der Waals surface area contributed by atoms with Crippen molar-refractivity contribution in [3.8, 4) is 0 Å². The summed E-state index contributed by atoms with van der Waals surface area (Å²) >= 11 is 1.58. The van der Waals surface area contributed by atoms with E-state index in [-0.39, 0.29) is 17.6 Å². The smallest absolute Gasteiger partial charge is 0.353 e. The maximum Gasteiger partial charge on any atom is 0.353 e. The number of carbonyl (C=O) groups is 2. The minimum Gasteiger partial charge on any atom is -0.477 e. The second-order valence-electron chi connectivity index (χ2n) is 6.70. The highest BCUT2D eigenvalue weighted by Crippen LogP contribution is 2.46. The number of hydrogen-bond acceptors (Lipinski definition) is 4. The van der Waals surface area contributed by atoms with Crippen molar-refractivity contribution in [3.63, 3.8) is 0 Å². The van der Waals surface area contributed by atoms with Gasteiger partial charge in [-0.2, -0.15) is 4.40 Å². The lowest BCUT2D eigenvalue weighted by molar-refractivity contribution is -0.511. The van der Waals surface area contributed by atoms with Crippen molar-refractivity contribution < 1.29 is 24.2 Å². The molecule has 132 valence electrons. The van der Waals surface area contributed by atoms with Gasteiger partial charge in [0.15, 0.2) is 5.69 Å². The third-order valence-corrected chi connectivity index (χ3v) is 6.29.